The SMILES string of the molecule is CC(=O)Nc1ncnc2n[nH]c(C(=O)O)c12. The van der Waals surface area contributed by atoms with Crippen molar-refractivity contribution in [1.82, 2.24) is 20.2 Å². The van der Waals surface area contributed by atoms with Crippen LogP contribution in [0.1, 0.15) is 17.4 Å². The molecule has 82 valence electrons. The van der Waals surface area contributed by atoms with Gasteiger partial charge in [0, 0.05) is 6.92 Å². The molecule has 0 unspecified atom stereocenters. The number of amides is 1. The van der Waals surface area contributed by atoms with E-state index >= 15 is 0 Å². The normalized spacial score (nSPS) is 10.3. The number of anilines is 1. The number of aromatic nitrogens is 4. The fraction of sp³-hybridized carbons (Fsp3) is 0.125. The molecule has 3 N–H and O–H groups in total. The quantitative estimate of drug-likeness (QED) is 0.656. The number of nitrogens with zero attached hydrogens (tertiary/aromatic N) is 3. The maximum Gasteiger partial charge on any atom is 0.354 e. The van der Waals surface area contributed by atoms with Crippen LogP contribution in [0.25, 0.3) is 11.0 Å². The lowest BCUT2D eigenvalue weighted by Crippen LogP contribution is -2.09. The second-order valence-electron chi connectivity index (χ2n) is 3.01. The van der Waals surface area contributed by atoms with Gasteiger partial charge in [-0.2, -0.15) is 5.10 Å². The molecule has 2 heterocycles. The van der Waals surface area contributed by atoms with Crippen LogP contribution in [-0.2, 0) is 4.79 Å². The van der Waals surface area contributed by atoms with Gasteiger partial charge < -0.3 is 10.4 Å². The summed E-state index contributed by atoms with van der Waals surface area (Å²) in [5.41, 5.74) is 0.0375. The minimum Gasteiger partial charge on any atom is -0.477 e. The average molecular weight is 221 g/mol. The summed E-state index contributed by atoms with van der Waals surface area (Å²) >= 11 is 0. The van der Waals surface area contributed by atoms with Crippen molar-refractivity contribution < 1.29 is 14.7 Å². The Bertz CT molecular complexity index is 576. The maximum atomic E-state index is 10.9. The molecule has 2 rings (SSSR count). The maximum absolute atomic E-state index is 10.9. The fourth-order valence-electron chi connectivity index (χ4n) is 1.27. The number of carbonyl (C=O) groups is 2. The smallest absolute Gasteiger partial charge is 0.354 e. The number of H-pyrrole nitrogens is 1. The van der Waals surface area contributed by atoms with E-state index in [1.165, 1.54) is 13.3 Å². The Morgan fingerprint density at radius 2 is 2.19 bits per heavy atom. The zero-order valence-electron chi connectivity index (χ0n) is 8.18. The van der Waals surface area contributed by atoms with Crippen LogP contribution in [0.3, 0.4) is 0 Å². The largest absolute Gasteiger partial charge is 0.477 e. The van der Waals surface area contributed by atoms with Gasteiger partial charge in [0.05, 0.1) is 5.39 Å². The summed E-state index contributed by atoms with van der Waals surface area (Å²) in [5.74, 6) is -1.41. The van der Waals surface area contributed by atoms with Crippen molar-refractivity contribution in [2.24, 2.45) is 0 Å². The van der Waals surface area contributed by atoms with Crippen molar-refractivity contribution in [3.05, 3.63) is 12.0 Å². The van der Waals surface area contributed by atoms with Crippen LogP contribution in [0.15, 0.2) is 6.33 Å². The molecule has 0 aliphatic rings. The summed E-state index contributed by atoms with van der Waals surface area (Å²) in [7, 11) is 0. The van der Waals surface area contributed by atoms with Gasteiger partial charge in [-0.05, 0) is 0 Å². The van der Waals surface area contributed by atoms with E-state index in [0.717, 1.165) is 0 Å². The van der Waals surface area contributed by atoms with E-state index in [-0.39, 0.29) is 28.5 Å². The Kier molecular flexibility index (Phi) is 2.24. The molecule has 0 aliphatic heterocycles. The molecular weight excluding hydrogens is 214 g/mol. The standard InChI is InChI=1S/C8H7N5O3/c1-3(14)11-6-4-5(8(15)16)12-13-7(4)10-2-9-6/h2H,1H3,(H,15,16)(H2,9,10,11,12,13,14). The van der Waals surface area contributed by atoms with Crippen molar-refractivity contribution in [1.29, 1.82) is 0 Å². The molecule has 0 spiro atoms. The van der Waals surface area contributed by atoms with Crippen molar-refractivity contribution in [2.45, 2.75) is 6.92 Å². The van der Waals surface area contributed by atoms with Crippen molar-refractivity contribution >= 4 is 28.7 Å². The molecule has 0 bridgehead atoms. The Hall–Kier alpha value is -2.51. The number of hydrogen-bond donors (Lipinski definition) is 3. The van der Waals surface area contributed by atoms with Gasteiger partial charge >= 0.3 is 5.97 Å². The lowest BCUT2D eigenvalue weighted by Gasteiger charge is -2.01. The number of nitrogens with one attached hydrogen (secondary N) is 2. The van der Waals surface area contributed by atoms with Crippen LogP contribution in [0, 0.1) is 0 Å². The van der Waals surface area contributed by atoms with Crippen LogP contribution in [0.2, 0.25) is 0 Å². The zero-order valence-corrected chi connectivity index (χ0v) is 8.18. The summed E-state index contributed by atoms with van der Waals surface area (Å²) in [5, 5.41) is 17.5. The molecule has 8 heteroatoms. The van der Waals surface area contributed by atoms with Crippen molar-refractivity contribution in [2.75, 3.05) is 5.32 Å². The van der Waals surface area contributed by atoms with Crippen molar-refractivity contribution in [3.63, 3.8) is 0 Å². The minimum atomic E-state index is -1.19. The minimum absolute atomic E-state index is 0.128. The zero-order chi connectivity index (χ0) is 11.7. The molecule has 16 heavy (non-hydrogen) atoms. The highest BCUT2D eigenvalue weighted by Gasteiger charge is 2.17. The van der Waals surface area contributed by atoms with Crippen LogP contribution in [0.5, 0.6) is 0 Å². The van der Waals surface area contributed by atoms with Crippen LogP contribution < -0.4 is 5.32 Å². The molecule has 0 aromatic carbocycles. The summed E-state index contributed by atoms with van der Waals surface area (Å²) in [6.07, 6.45) is 1.19. The summed E-state index contributed by atoms with van der Waals surface area (Å²) in [6, 6.07) is 0. The first kappa shape index (κ1) is 10.0. The number of fused-ring (bicyclic) bond motifs is 1. The van der Waals surface area contributed by atoms with Crippen LogP contribution >= 0.6 is 0 Å². The Labute approximate surface area is 88.7 Å². The monoisotopic (exact) mass is 221 g/mol. The average Bonchev–Trinajstić information content (AvgIpc) is 2.61. The fourth-order valence-corrected chi connectivity index (χ4v) is 1.27. The van der Waals surface area contributed by atoms with E-state index in [4.69, 9.17) is 5.11 Å². The Balaban J connectivity index is 2.68. The number of carboxylic acid groups (broad SMARTS) is 1. The first-order valence-corrected chi connectivity index (χ1v) is 4.29. The van der Waals surface area contributed by atoms with E-state index in [0.29, 0.717) is 0 Å². The number of carboxylic acids is 1. The molecule has 8 nitrogen and oxygen atoms in total. The number of rotatable bonds is 2. The van der Waals surface area contributed by atoms with Gasteiger partial charge in [0.1, 0.15) is 12.1 Å². The van der Waals surface area contributed by atoms with Gasteiger partial charge in [0.15, 0.2) is 11.3 Å². The van der Waals surface area contributed by atoms with E-state index in [9.17, 15) is 9.59 Å². The summed E-state index contributed by atoms with van der Waals surface area (Å²) in [6.45, 7) is 1.30. The number of carbonyl (C=O) groups excluding carboxylic acids is 1. The van der Waals surface area contributed by atoms with Crippen LogP contribution in [0.4, 0.5) is 5.82 Å². The van der Waals surface area contributed by atoms with Gasteiger partial charge in [-0.3, -0.25) is 9.89 Å². The molecule has 2 aromatic heterocycles. The molecule has 1 amide bonds. The van der Waals surface area contributed by atoms with E-state index in [1.807, 2.05) is 0 Å². The highest BCUT2D eigenvalue weighted by Crippen LogP contribution is 2.20. The Morgan fingerprint density at radius 3 is 2.81 bits per heavy atom. The predicted octanol–water partition coefficient (Wildman–Crippen LogP) is 0.00950. The summed E-state index contributed by atoms with van der Waals surface area (Å²) < 4.78 is 0. The second-order valence-corrected chi connectivity index (χ2v) is 3.01. The molecule has 0 aliphatic carbocycles. The lowest BCUT2D eigenvalue weighted by atomic mass is 10.3. The van der Waals surface area contributed by atoms with Gasteiger partial charge in [-0.15, -0.1) is 0 Å². The molecular formula is C8H7N5O3. The van der Waals surface area contributed by atoms with E-state index in [2.05, 4.69) is 25.5 Å². The highest BCUT2D eigenvalue weighted by atomic mass is 16.4. The topological polar surface area (TPSA) is 121 Å². The third kappa shape index (κ3) is 1.56. The van der Waals surface area contributed by atoms with E-state index in [1.54, 1.807) is 0 Å². The van der Waals surface area contributed by atoms with Gasteiger partial charge in [-0.1, -0.05) is 0 Å². The first-order chi connectivity index (χ1) is 7.59. The molecule has 0 saturated heterocycles. The van der Waals surface area contributed by atoms with Gasteiger partial charge in [0.25, 0.3) is 0 Å². The molecule has 0 radical (unpaired) electrons. The summed E-state index contributed by atoms with van der Waals surface area (Å²) in [4.78, 5) is 29.4. The molecule has 0 saturated carbocycles. The number of aromatic carboxylic acids is 1. The van der Waals surface area contributed by atoms with Gasteiger partial charge in [-0.25, -0.2) is 14.8 Å². The second kappa shape index (κ2) is 3.57. The lowest BCUT2D eigenvalue weighted by molar-refractivity contribution is -0.114. The molecule has 0 atom stereocenters. The van der Waals surface area contributed by atoms with Crippen LogP contribution in [-0.4, -0.2) is 37.1 Å². The van der Waals surface area contributed by atoms with Gasteiger partial charge in [0.2, 0.25) is 5.91 Å². The van der Waals surface area contributed by atoms with E-state index < -0.39 is 5.97 Å². The highest BCUT2D eigenvalue weighted by molar-refractivity contribution is 6.07. The predicted molar refractivity (Wildman–Crippen MR) is 52.9 cm³/mol. The first-order valence-electron chi connectivity index (χ1n) is 4.29. The molecule has 2 aromatic rings. The third-order valence-electron chi connectivity index (χ3n) is 1.86. The number of aromatic amines is 1. The molecule has 0 fully saturated rings. The van der Waals surface area contributed by atoms with Crippen molar-refractivity contribution in [3.8, 4) is 0 Å². The Morgan fingerprint density at radius 1 is 1.44 bits per heavy atom. The third-order valence-corrected chi connectivity index (χ3v) is 1.86. The number of hydrogen-bond acceptors (Lipinski definition) is 5.